The van der Waals surface area contributed by atoms with Gasteiger partial charge in [-0.1, -0.05) is 19.9 Å². The van der Waals surface area contributed by atoms with E-state index in [4.69, 9.17) is 10.8 Å². The van der Waals surface area contributed by atoms with Gasteiger partial charge < -0.3 is 15.7 Å². The minimum Gasteiger partial charge on any atom is -0.478 e. The van der Waals surface area contributed by atoms with Crippen LogP contribution in [-0.4, -0.2) is 34.5 Å². The van der Waals surface area contributed by atoms with Crippen LogP contribution in [-0.2, 0) is 17.8 Å². The number of amides is 1. The van der Waals surface area contributed by atoms with E-state index in [1.807, 2.05) is 19.9 Å². The maximum atomic E-state index is 12.3. The molecule has 0 radical (unpaired) electrons. The van der Waals surface area contributed by atoms with Crippen molar-refractivity contribution in [2.24, 2.45) is 11.7 Å². The number of aromatic carboxylic acids is 1. The van der Waals surface area contributed by atoms with Crippen LogP contribution >= 0.6 is 0 Å². The molecule has 1 heterocycles. The molecular weight excluding hydrogens is 268 g/mol. The number of carboxylic acids is 1. The second-order valence-electron chi connectivity index (χ2n) is 6.03. The summed E-state index contributed by atoms with van der Waals surface area (Å²) in [7, 11) is 0. The van der Waals surface area contributed by atoms with E-state index in [0.717, 1.165) is 17.5 Å². The molecule has 1 aromatic rings. The topological polar surface area (TPSA) is 83.6 Å². The maximum absolute atomic E-state index is 12.3. The third-order valence-electron chi connectivity index (χ3n) is 3.82. The third kappa shape index (κ3) is 3.61. The molecule has 1 aromatic carbocycles. The number of rotatable bonds is 4. The number of nitrogens with zero attached hydrogens (tertiary/aromatic N) is 1. The molecule has 0 aliphatic carbocycles. The monoisotopic (exact) mass is 290 g/mol. The summed E-state index contributed by atoms with van der Waals surface area (Å²) >= 11 is 0. The summed E-state index contributed by atoms with van der Waals surface area (Å²) in [6.07, 6.45) is 1.41. The molecular formula is C16H22N2O3. The van der Waals surface area contributed by atoms with E-state index in [0.29, 0.717) is 25.4 Å². The average molecular weight is 290 g/mol. The Labute approximate surface area is 124 Å². The van der Waals surface area contributed by atoms with Crippen LogP contribution in [0.1, 0.15) is 41.8 Å². The van der Waals surface area contributed by atoms with E-state index >= 15 is 0 Å². The highest BCUT2D eigenvalue weighted by molar-refractivity contribution is 5.88. The Balaban J connectivity index is 2.12. The normalized spacial score (nSPS) is 15.7. The second kappa shape index (κ2) is 6.26. The minimum absolute atomic E-state index is 0.0462. The Morgan fingerprint density at radius 2 is 2.05 bits per heavy atom. The summed E-state index contributed by atoms with van der Waals surface area (Å²) in [5.41, 5.74) is 8.24. The predicted molar refractivity (Wildman–Crippen MR) is 80.0 cm³/mol. The zero-order chi connectivity index (χ0) is 15.6. The van der Waals surface area contributed by atoms with E-state index in [-0.39, 0.29) is 11.5 Å². The van der Waals surface area contributed by atoms with Gasteiger partial charge in [-0.2, -0.15) is 0 Å². The first kappa shape index (κ1) is 15.5. The van der Waals surface area contributed by atoms with Crippen LogP contribution in [0.3, 0.4) is 0 Å². The molecule has 0 saturated heterocycles. The molecule has 1 aliphatic heterocycles. The highest BCUT2D eigenvalue weighted by Gasteiger charge is 2.25. The van der Waals surface area contributed by atoms with Crippen molar-refractivity contribution in [2.75, 3.05) is 6.54 Å². The molecule has 1 aliphatic rings. The highest BCUT2D eigenvalue weighted by atomic mass is 16.4. The Morgan fingerprint density at radius 3 is 2.67 bits per heavy atom. The van der Waals surface area contributed by atoms with Crippen molar-refractivity contribution < 1.29 is 14.7 Å². The van der Waals surface area contributed by atoms with Crippen LogP contribution in [0.2, 0.25) is 0 Å². The highest BCUT2D eigenvalue weighted by Crippen LogP contribution is 2.21. The van der Waals surface area contributed by atoms with Crippen LogP contribution in [0.5, 0.6) is 0 Å². The lowest BCUT2D eigenvalue weighted by Crippen LogP contribution is -2.46. The van der Waals surface area contributed by atoms with Gasteiger partial charge in [0.05, 0.1) is 11.6 Å². The van der Waals surface area contributed by atoms with E-state index < -0.39 is 12.0 Å². The van der Waals surface area contributed by atoms with Gasteiger partial charge in [0, 0.05) is 13.1 Å². The number of carbonyl (C=O) groups is 2. The number of nitrogens with two attached hydrogens (primary N) is 1. The van der Waals surface area contributed by atoms with Crippen molar-refractivity contribution in [3.8, 4) is 0 Å². The SMILES string of the molecule is CC(C)C[C@H](N)C(=O)N1CCc2ccc(C(=O)O)cc2C1. The van der Waals surface area contributed by atoms with Crippen molar-refractivity contribution in [1.82, 2.24) is 4.90 Å². The smallest absolute Gasteiger partial charge is 0.335 e. The Bertz CT molecular complexity index is 554. The summed E-state index contributed by atoms with van der Waals surface area (Å²) < 4.78 is 0. The number of benzene rings is 1. The number of carbonyl (C=O) groups excluding carboxylic acids is 1. The molecule has 0 fully saturated rings. The zero-order valence-electron chi connectivity index (χ0n) is 12.5. The van der Waals surface area contributed by atoms with Crippen LogP contribution < -0.4 is 5.73 Å². The maximum Gasteiger partial charge on any atom is 0.335 e. The van der Waals surface area contributed by atoms with E-state index in [1.54, 1.807) is 17.0 Å². The molecule has 114 valence electrons. The summed E-state index contributed by atoms with van der Waals surface area (Å²) in [5.74, 6) is -0.618. The Kier molecular flexibility index (Phi) is 4.63. The predicted octanol–water partition coefficient (Wildman–Crippen LogP) is 1.64. The Morgan fingerprint density at radius 1 is 1.33 bits per heavy atom. The Hall–Kier alpha value is -1.88. The van der Waals surface area contributed by atoms with Gasteiger partial charge in [0.2, 0.25) is 5.91 Å². The van der Waals surface area contributed by atoms with Gasteiger partial charge in [-0.3, -0.25) is 4.79 Å². The zero-order valence-corrected chi connectivity index (χ0v) is 12.5. The van der Waals surface area contributed by atoms with E-state index in [2.05, 4.69) is 0 Å². The molecule has 5 nitrogen and oxygen atoms in total. The van der Waals surface area contributed by atoms with E-state index in [1.165, 1.54) is 0 Å². The quantitative estimate of drug-likeness (QED) is 0.883. The number of fused-ring (bicyclic) bond motifs is 1. The first-order chi connectivity index (χ1) is 9.88. The van der Waals surface area contributed by atoms with Crippen LogP contribution in [0.25, 0.3) is 0 Å². The van der Waals surface area contributed by atoms with Gasteiger partial charge in [0.1, 0.15) is 0 Å². The van der Waals surface area contributed by atoms with Gasteiger partial charge in [0.15, 0.2) is 0 Å². The largest absolute Gasteiger partial charge is 0.478 e. The molecule has 0 unspecified atom stereocenters. The molecule has 5 heteroatoms. The standard InChI is InChI=1S/C16H22N2O3/c1-10(2)7-14(17)15(19)18-6-5-11-3-4-12(16(20)21)8-13(11)9-18/h3-4,8,10,14H,5-7,9,17H2,1-2H3,(H,20,21)/t14-/m0/s1. The lowest BCUT2D eigenvalue weighted by atomic mass is 9.96. The van der Waals surface area contributed by atoms with Crippen molar-refractivity contribution in [1.29, 1.82) is 0 Å². The fourth-order valence-electron chi connectivity index (χ4n) is 2.72. The second-order valence-corrected chi connectivity index (χ2v) is 6.03. The van der Waals surface area contributed by atoms with Crippen molar-refractivity contribution >= 4 is 11.9 Å². The average Bonchev–Trinajstić information content (AvgIpc) is 2.44. The molecule has 0 bridgehead atoms. The summed E-state index contributed by atoms with van der Waals surface area (Å²) in [4.78, 5) is 25.1. The molecule has 1 amide bonds. The van der Waals surface area contributed by atoms with Gasteiger partial charge in [-0.05, 0) is 42.0 Å². The van der Waals surface area contributed by atoms with E-state index in [9.17, 15) is 9.59 Å². The minimum atomic E-state index is -0.947. The van der Waals surface area contributed by atoms with Gasteiger partial charge in [-0.15, -0.1) is 0 Å². The lowest BCUT2D eigenvalue weighted by molar-refractivity contribution is -0.133. The molecule has 2 rings (SSSR count). The lowest BCUT2D eigenvalue weighted by Gasteiger charge is -2.31. The number of carboxylic acid groups (broad SMARTS) is 1. The van der Waals surface area contributed by atoms with Crippen LogP contribution in [0, 0.1) is 5.92 Å². The van der Waals surface area contributed by atoms with Gasteiger partial charge >= 0.3 is 5.97 Å². The molecule has 0 spiro atoms. The van der Waals surface area contributed by atoms with Crippen molar-refractivity contribution in [2.45, 2.75) is 39.3 Å². The first-order valence-corrected chi connectivity index (χ1v) is 7.28. The first-order valence-electron chi connectivity index (χ1n) is 7.28. The molecule has 0 saturated carbocycles. The molecule has 1 atom stereocenters. The summed E-state index contributed by atoms with van der Waals surface area (Å²) in [5, 5.41) is 9.05. The number of hydrogen-bond donors (Lipinski definition) is 2. The fourth-order valence-corrected chi connectivity index (χ4v) is 2.72. The third-order valence-corrected chi connectivity index (χ3v) is 3.82. The molecule has 0 aromatic heterocycles. The number of hydrogen-bond acceptors (Lipinski definition) is 3. The van der Waals surface area contributed by atoms with Crippen molar-refractivity contribution in [3.05, 3.63) is 34.9 Å². The molecule has 21 heavy (non-hydrogen) atoms. The van der Waals surface area contributed by atoms with Crippen LogP contribution in [0.15, 0.2) is 18.2 Å². The van der Waals surface area contributed by atoms with Gasteiger partial charge in [-0.25, -0.2) is 4.79 Å². The summed E-state index contributed by atoms with van der Waals surface area (Å²) in [6.45, 7) is 5.17. The van der Waals surface area contributed by atoms with Gasteiger partial charge in [0.25, 0.3) is 0 Å². The summed E-state index contributed by atoms with van der Waals surface area (Å²) in [6, 6.07) is 4.64. The fraction of sp³-hybridized carbons (Fsp3) is 0.500. The van der Waals surface area contributed by atoms with Crippen molar-refractivity contribution in [3.63, 3.8) is 0 Å². The molecule has 3 N–H and O–H groups in total. The van der Waals surface area contributed by atoms with Crippen LogP contribution in [0.4, 0.5) is 0 Å².